The average molecular weight is 427 g/mol. The van der Waals surface area contributed by atoms with E-state index in [4.69, 9.17) is 14.2 Å². The van der Waals surface area contributed by atoms with Crippen LogP contribution in [-0.4, -0.2) is 51.4 Å². The minimum atomic E-state index is -0.397. The van der Waals surface area contributed by atoms with Crippen LogP contribution in [0.4, 0.5) is 11.4 Å². The van der Waals surface area contributed by atoms with Crippen molar-refractivity contribution in [2.24, 2.45) is 0 Å². The number of anilines is 2. The highest BCUT2D eigenvalue weighted by Gasteiger charge is 2.21. The Morgan fingerprint density at radius 2 is 1.84 bits per heavy atom. The number of amides is 1. The van der Waals surface area contributed by atoms with Crippen molar-refractivity contribution < 1.29 is 23.8 Å². The molecule has 0 atom stereocenters. The molecular formula is C24H30N2O5. The zero-order valence-electron chi connectivity index (χ0n) is 18.4. The number of benzene rings is 2. The van der Waals surface area contributed by atoms with Crippen LogP contribution in [0.3, 0.4) is 0 Å². The van der Waals surface area contributed by atoms with Crippen molar-refractivity contribution in [1.82, 2.24) is 0 Å². The van der Waals surface area contributed by atoms with Crippen molar-refractivity contribution in [3.8, 4) is 5.75 Å². The summed E-state index contributed by atoms with van der Waals surface area (Å²) in [6.45, 7) is 8.81. The topological polar surface area (TPSA) is 77.1 Å². The van der Waals surface area contributed by atoms with Gasteiger partial charge in [0.1, 0.15) is 5.75 Å². The van der Waals surface area contributed by atoms with Crippen LogP contribution in [0, 0.1) is 13.8 Å². The van der Waals surface area contributed by atoms with E-state index in [9.17, 15) is 9.59 Å². The fraction of sp³-hybridized carbons (Fsp3) is 0.417. The summed E-state index contributed by atoms with van der Waals surface area (Å²) in [6, 6.07) is 11.0. The molecule has 0 radical (unpaired) electrons. The molecule has 166 valence electrons. The van der Waals surface area contributed by atoms with Crippen LogP contribution in [0.25, 0.3) is 0 Å². The van der Waals surface area contributed by atoms with Crippen molar-refractivity contribution >= 4 is 23.3 Å². The highest BCUT2D eigenvalue weighted by atomic mass is 16.5. The maximum atomic E-state index is 12.7. The molecular weight excluding hydrogens is 396 g/mol. The monoisotopic (exact) mass is 426 g/mol. The Morgan fingerprint density at radius 1 is 1.06 bits per heavy atom. The fourth-order valence-electron chi connectivity index (χ4n) is 3.28. The van der Waals surface area contributed by atoms with Crippen LogP contribution >= 0.6 is 0 Å². The normalized spacial score (nSPS) is 13.6. The lowest BCUT2D eigenvalue weighted by molar-refractivity contribution is -0.118. The summed E-state index contributed by atoms with van der Waals surface area (Å²) in [6.07, 6.45) is 0.741. The Bertz CT molecular complexity index is 922. The summed E-state index contributed by atoms with van der Waals surface area (Å²) in [7, 11) is 0. The van der Waals surface area contributed by atoms with Gasteiger partial charge in [-0.2, -0.15) is 0 Å². The number of nitrogens with zero attached hydrogens (tertiary/aromatic N) is 1. The smallest absolute Gasteiger partial charge is 0.340 e. The minimum Gasteiger partial charge on any atom is -0.484 e. The number of nitrogens with one attached hydrogen (secondary N) is 1. The van der Waals surface area contributed by atoms with Crippen molar-refractivity contribution in [3.63, 3.8) is 0 Å². The Balaban J connectivity index is 1.70. The minimum absolute atomic E-state index is 0.122. The number of hydrogen-bond acceptors (Lipinski definition) is 6. The van der Waals surface area contributed by atoms with E-state index in [1.165, 1.54) is 5.56 Å². The largest absolute Gasteiger partial charge is 0.484 e. The molecule has 1 heterocycles. The summed E-state index contributed by atoms with van der Waals surface area (Å²) in [5.41, 5.74) is 4.01. The number of rotatable bonds is 8. The van der Waals surface area contributed by atoms with Crippen LogP contribution in [-0.2, 0) is 14.3 Å². The first-order valence-electron chi connectivity index (χ1n) is 10.6. The van der Waals surface area contributed by atoms with Gasteiger partial charge in [-0.05, 0) is 61.7 Å². The number of carbonyl (C=O) groups is 2. The number of ether oxygens (including phenoxy) is 3. The molecule has 1 aliphatic heterocycles. The third kappa shape index (κ3) is 6.21. The lowest BCUT2D eigenvalue weighted by Gasteiger charge is -2.30. The maximum absolute atomic E-state index is 12.7. The van der Waals surface area contributed by atoms with Crippen molar-refractivity contribution in [2.45, 2.75) is 27.2 Å². The van der Waals surface area contributed by atoms with Gasteiger partial charge in [0.2, 0.25) is 0 Å². The summed E-state index contributed by atoms with van der Waals surface area (Å²) >= 11 is 0. The second-order valence-corrected chi connectivity index (χ2v) is 7.55. The molecule has 2 aromatic carbocycles. The standard InChI is InChI=1S/C24H30N2O5/c1-4-11-30-24(28)21-15-19(6-8-22(21)26-9-12-29-13-10-26)25-23(27)16-31-20-7-5-17(2)18(3)14-20/h5-8,14-15H,4,9-13,16H2,1-3H3,(H,25,27). The highest BCUT2D eigenvalue weighted by Crippen LogP contribution is 2.26. The predicted molar refractivity (Wildman–Crippen MR) is 120 cm³/mol. The molecule has 1 saturated heterocycles. The molecule has 31 heavy (non-hydrogen) atoms. The molecule has 0 saturated carbocycles. The third-order valence-electron chi connectivity index (χ3n) is 5.14. The van der Waals surface area contributed by atoms with Gasteiger partial charge in [0.15, 0.2) is 6.61 Å². The van der Waals surface area contributed by atoms with E-state index >= 15 is 0 Å². The van der Waals surface area contributed by atoms with Crippen molar-refractivity contribution in [1.29, 1.82) is 0 Å². The van der Waals surface area contributed by atoms with E-state index in [1.807, 2.05) is 45.0 Å². The summed E-state index contributed by atoms with van der Waals surface area (Å²) in [5.74, 6) is -0.0548. The average Bonchev–Trinajstić information content (AvgIpc) is 2.78. The van der Waals surface area contributed by atoms with Crippen molar-refractivity contribution in [2.75, 3.05) is 49.7 Å². The van der Waals surface area contributed by atoms with E-state index < -0.39 is 5.97 Å². The third-order valence-corrected chi connectivity index (χ3v) is 5.14. The Morgan fingerprint density at radius 3 is 2.55 bits per heavy atom. The number of esters is 1. The molecule has 0 aromatic heterocycles. The van der Waals surface area contributed by atoms with Gasteiger partial charge < -0.3 is 24.4 Å². The first-order valence-corrected chi connectivity index (χ1v) is 10.6. The van der Waals surface area contributed by atoms with Crippen LogP contribution in [0.15, 0.2) is 36.4 Å². The van der Waals surface area contributed by atoms with Gasteiger partial charge in [-0.3, -0.25) is 4.79 Å². The van der Waals surface area contributed by atoms with E-state index in [0.29, 0.717) is 49.9 Å². The van der Waals surface area contributed by atoms with Crippen LogP contribution < -0.4 is 15.0 Å². The Labute approximate surface area is 183 Å². The number of hydrogen-bond donors (Lipinski definition) is 1. The number of morpholine rings is 1. The van der Waals surface area contributed by atoms with Crippen molar-refractivity contribution in [3.05, 3.63) is 53.1 Å². The summed E-state index contributed by atoms with van der Waals surface area (Å²) in [5, 5.41) is 2.80. The molecule has 1 fully saturated rings. The number of aryl methyl sites for hydroxylation is 2. The molecule has 1 N–H and O–H groups in total. The van der Waals surface area contributed by atoms with Gasteiger partial charge in [-0.15, -0.1) is 0 Å². The Hall–Kier alpha value is -3.06. The summed E-state index contributed by atoms with van der Waals surface area (Å²) in [4.78, 5) is 27.2. The molecule has 0 aliphatic carbocycles. The molecule has 2 aromatic rings. The molecule has 0 spiro atoms. The lowest BCUT2D eigenvalue weighted by atomic mass is 10.1. The second kappa shape index (κ2) is 10.8. The second-order valence-electron chi connectivity index (χ2n) is 7.55. The van der Waals surface area contributed by atoms with Crippen LogP contribution in [0.5, 0.6) is 5.75 Å². The molecule has 1 amide bonds. The van der Waals surface area contributed by atoms with Gasteiger partial charge in [0, 0.05) is 18.8 Å². The van der Waals surface area contributed by atoms with Crippen LogP contribution in [0.1, 0.15) is 34.8 Å². The molecule has 1 aliphatic rings. The predicted octanol–water partition coefficient (Wildman–Crippen LogP) is 3.72. The first kappa shape index (κ1) is 22.6. The highest BCUT2D eigenvalue weighted by molar-refractivity contribution is 5.99. The molecule has 0 unspecified atom stereocenters. The van der Waals surface area contributed by atoms with Gasteiger partial charge in [-0.1, -0.05) is 13.0 Å². The van der Waals surface area contributed by atoms with Gasteiger partial charge >= 0.3 is 5.97 Å². The lowest BCUT2D eigenvalue weighted by Crippen LogP contribution is -2.37. The van der Waals surface area contributed by atoms with Gasteiger partial charge in [0.05, 0.1) is 31.1 Å². The molecule has 7 heteroatoms. The fourth-order valence-corrected chi connectivity index (χ4v) is 3.28. The van der Waals surface area contributed by atoms with E-state index in [-0.39, 0.29) is 12.5 Å². The van der Waals surface area contributed by atoms with E-state index in [0.717, 1.165) is 17.7 Å². The van der Waals surface area contributed by atoms with Gasteiger partial charge in [-0.25, -0.2) is 4.79 Å². The molecule has 3 rings (SSSR count). The first-order chi connectivity index (χ1) is 15.0. The summed E-state index contributed by atoms with van der Waals surface area (Å²) < 4.78 is 16.4. The molecule has 7 nitrogen and oxygen atoms in total. The Kier molecular flexibility index (Phi) is 7.89. The SMILES string of the molecule is CCCOC(=O)c1cc(NC(=O)COc2ccc(C)c(C)c2)ccc1N1CCOCC1. The quantitative estimate of drug-likeness (QED) is 0.649. The number of carbonyl (C=O) groups excluding carboxylic acids is 2. The maximum Gasteiger partial charge on any atom is 0.340 e. The van der Waals surface area contributed by atoms with E-state index in [2.05, 4.69) is 10.2 Å². The van der Waals surface area contributed by atoms with Gasteiger partial charge in [0.25, 0.3) is 5.91 Å². The molecule has 0 bridgehead atoms. The zero-order valence-corrected chi connectivity index (χ0v) is 18.4. The van der Waals surface area contributed by atoms with Crippen LogP contribution in [0.2, 0.25) is 0 Å². The van der Waals surface area contributed by atoms with E-state index in [1.54, 1.807) is 12.1 Å². The zero-order chi connectivity index (χ0) is 22.2.